The monoisotopic (exact) mass is 471 g/mol. The number of halogens is 2. The van der Waals surface area contributed by atoms with E-state index in [2.05, 4.69) is 13.3 Å². The van der Waals surface area contributed by atoms with Crippen molar-refractivity contribution in [2.75, 3.05) is 6.61 Å². The van der Waals surface area contributed by atoms with E-state index in [0.29, 0.717) is 18.3 Å². The summed E-state index contributed by atoms with van der Waals surface area (Å²) in [6.45, 7) is 2.52. The third-order valence-corrected chi connectivity index (χ3v) is 6.52. The largest absolute Gasteiger partial charge is 0.490 e. The van der Waals surface area contributed by atoms with Crippen LogP contribution in [0.2, 0.25) is 0 Å². The van der Waals surface area contributed by atoms with E-state index in [9.17, 15) is 13.6 Å². The summed E-state index contributed by atoms with van der Waals surface area (Å²) in [5, 5.41) is 0. The first-order chi connectivity index (χ1) is 16.6. The van der Waals surface area contributed by atoms with Gasteiger partial charge in [-0.15, -0.1) is 0 Å². The second kappa shape index (κ2) is 14.1. The van der Waals surface area contributed by atoms with Gasteiger partial charge in [0.1, 0.15) is 5.75 Å². The Morgan fingerprint density at radius 1 is 0.853 bits per heavy atom. The van der Waals surface area contributed by atoms with E-state index in [1.807, 2.05) is 12.1 Å². The maximum atomic E-state index is 14.5. The Labute approximate surface area is 202 Å². The van der Waals surface area contributed by atoms with Crippen molar-refractivity contribution in [3.05, 3.63) is 65.6 Å². The predicted octanol–water partition coefficient (Wildman–Crippen LogP) is 8.57. The molecular weight excluding hydrogens is 434 g/mol. The predicted molar refractivity (Wildman–Crippen MR) is 131 cm³/mol. The highest BCUT2D eigenvalue weighted by molar-refractivity contribution is 5.91. The molecule has 0 aromatic heterocycles. The minimum absolute atomic E-state index is 0.175. The highest BCUT2D eigenvalue weighted by Crippen LogP contribution is 2.33. The van der Waals surface area contributed by atoms with Gasteiger partial charge in [0.05, 0.1) is 12.2 Å². The lowest BCUT2D eigenvalue weighted by molar-refractivity contribution is 0.0728. The Bertz CT molecular complexity index is 889. The number of carbonyl (C=O) groups excluding carboxylic acids is 1. The summed E-state index contributed by atoms with van der Waals surface area (Å²) in [6.07, 6.45) is 15.9. The van der Waals surface area contributed by atoms with Crippen LogP contribution in [0.4, 0.5) is 8.78 Å². The highest BCUT2D eigenvalue weighted by Gasteiger charge is 2.21. The van der Waals surface area contributed by atoms with Crippen molar-refractivity contribution in [1.82, 2.24) is 0 Å². The normalized spacial score (nSPS) is 14.2. The molecule has 34 heavy (non-hydrogen) atoms. The van der Waals surface area contributed by atoms with Crippen LogP contribution in [0.1, 0.15) is 106 Å². The molecule has 1 aliphatic rings. The average Bonchev–Trinajstić information content (AvgIpc) is 2.86. The van der Waals surface area contributed by atoms with Crippen LogP contribution in [0.5, 0.6) is 11.5 Å². The summed E-state index contributed by atoms with van der Waals surface area (Å²) in [4.78, 5) is 12.4. The Hall–Kier alpha value is -2.43. The highest BCUT2D eigenvalue weighted by atomic mass is 19.2. The number of esters is 1. The van der Waals surface area contributed by atoms with E-state index in [4.69, 9.17) is 9.47 Å². The van der Waals surface area contributed by atoms with Crippen molar-refractivity contribution in [2.45, 2.75) is 89.9 Å². The molecule has 5 heteroatoms. The molecule has 1 radical (unpaired) electrons. The smallest absolute Gasteiger partial charge is 0.346 e. The van der Waals surface area contributed by atoms with Gasteiger partial charge >= 0.3 is 5.97 Å². The summed E-state index contributed by atoms with van der Waals surface area (Å²) in [7, 11) is 0. The molecule has 0 unspecified atom stereocenters. The fraction of sp³-hybridized carbons (Fsp3) is 0.517. The first kappa shape index (κ1) is 26.2. The van der Waals surface area contributed by atoms with Gasteiger partial charge in [-0.3, -0.25) is 0 Å². The average molecular weight is 472 g/mol. The zero-order chi connectivity index (χ0) is 24.2. The lowest BCUT2D eigenvalue weighted by Gasteiger charge is -2.21. The van der Waals surface area contributed by atoms with Gasteiger partial charge in [0.25, 0.3) is 0 Å². The number of benzene rings is 2. The molecular formula is C29H37F2O3. The van der Waals surface area contributed by atoms with Crippen LogP contribution < -0.4 is 9.47 Å². The molecule has 1 fully saturated rings. The second-order valence-electron chi connectivity index (χ2n) is 9.16. The molecule has 0 N–H and O–H groups in total. The van der Waals surface area contributed by atoms with Crippen molar-refractivity contribution in [3.8, 4) is 11.5 Å². The fourth-order valence-corrected chi connectivity index (χ4v) is 4.45. The van der Waals surface area contributed by atoms with Crippen LogP contribution in [-0.4, -0.2) is 12.6 Å². The van der Waals surface area contributed by atoms with Gasteiger partial charge in [-0.2, -0.15) is 4.39 Å². The summed E-state index contributed by atoms with van der Waals surface area (Å²) >= 11 is 0. The van der Waals surface area contributed by atoms with E-state index in [1.165, 1.54) is 49.8 Å². The van der Waals surface area contributed by atoms with Crippen LogP contribution >= 0.6 is 0 Å². The summed E-state index contributed by atoms with van der Waals surface area (Å²) in [5.41, 5.74) is 0.770. The zero-order valence-electron chi connectivity index (χ0n) is 20.3. The van der Waals surface area contributed by atoms with E-state index >= 15 is 0 Å². The van der Waals surface area contributed by atoms with Crippen molar-refractivity contribution in [1.29, 1.82) is 0 Å². The van der Waals surface area contributed by atoms with Gasteiger partial charge in [0.15, 0.2) is 11.6 Å². The van der Waals surface area contributed by atoms with Crippen LogP contribution in [0.15, 0.2) is 36.4 Å². The van der Waals surface area contributed by atoms with Gasteiger partial charge in [0, 0.05) is 0 Å². The first-order valence-electron chi connectivity index (χ1n) is 12.8. The number of hydrogen-bond donors (Lipinski definition) is 0. The Balaban J connectivity index is 1.46. The third kappa shape index (κ3) is 7.82. The Kier molecular flexibility index (Phi) is 10.8. The lowest BCUT2D eigenvalue weighted by atomic mass is 9.84. The standard InChI is InChI=1S/C29H37F2O3/c1-2-3-4-5-6-7-8-12-21-33-26-20-19-25(27(30)28(26)31)29(32)34-24-17-15-23(16-18-24)22-13-10-9-11-14-22/h9,15-20,22H,2-8,10-14,21H2,1H3. The number of unbranched alkanes of at least 4 members (excludes halogenated alkanes) is 7. The third-order valence-electron chi connectivity index (χ3n) is 6.52. The molecule has 0 saturated heterocycles. The molecule has 1 saturated carbocycles. The van der Waals surface area contributed by atoms with Crippen molar-refractivity contribution in [3.63, 3.8) is 0 Å². The van der Waals surface area contributed by atoms with Gasteiger partial charge < -0.3 is 9.47 Å². The maximum Gasteiger partial charge on any atom is 0.346 e. The van der Waals surface area contributed by atoms with Crippen LogP contribution in [0.3, 0.4) is 0 Å². The number of hydrogen-bond acceptors (Lipinski definition) is 3. The van der Waals surface area contributed by atoms with Gasteiger partial charge in [0.2, 0.25) is 5.82 Å². The molecule has 3 nitrogen and oxygen atoms in total. The van der Waals surface area contributed by atoms with Gasteiger partial charge in [-0.1, -0.05) is 64.0 Å². The molecule has 0 amide bonds. The molecule has 0 spiro atoms. The topological polar surface area (TPSA) is 35.5 Å². The minimum Gasteiger partial charge on any atom is -0.490 e. The number of rotatable bonds is 13. The fourth-order valence-electron chi connectivity index (χ4n) is 4.45. The first-order valence-corrected chi connectivity index (χ1v) is 12.8. The van der Waals surface area contributed by atoms with Crippen LogP contribution in [0, 0.1) is 18.1 Å². The van der Waals surface area contributed by atoms with Crippen LogP contribution in [0.25, 0.3) is 0 Å². The summed E-state index contributed by atoms with van der Waals surface area (Å²) in [6, 6.07) is 9.82. The van der Waals surface area contributed by atoms with Crippen LogP contribution in [-0.2, 0) is 0 Å². The maximum absolute atomic E-state index is 14.5. The molecule has 0 aliphatic heterocycles. The lowest BCUT2D eigenvalue weighted by Crippen LogP contribution is -2.13. The molecule has 1 aliphatic carbocycles. The van der Waals surface area contributed by atoms with Crippen molar-refractivity contribution >= 4 is 5.97 Å². The Morgan fingerprint density at radius 2 is 1.50 bits per heavy atom. The number of carbonyl (C=O) groups is 1. The molecule has 2 aromatic carbocycles. The zero-order valence-corrected chi connectivity index (χ0v) is 20.3. The molecule has 0 heterocycles. The molecule has 3 rings (SSSR count). The summed E-state index contributed by atoms with van der Waals surface area (Å²) < 4.78 is 39.7. The molecule has 185 valence electrons. The van der Waals surface area contributed by atoms with Crippen molar-refractivity contribution < 1.29 is 23.0 Å². The quantitative estimate of drug-likeness (QED) is 0.167. The van der Waals surface area contributed by atoms with E-state index in [0.717, 1.165) is 44.9 Å². The minimum atomic E-state index is -1.24. The molecule has 0 bridgehead atoms. The molecule has 2 aromatic rings. The number of ether oxygens (including phenoxy) is 2. The van der Waals surface area contributed by atoms with Gasteiger partial charge in [-0.25, -0.2) is 9.18 Å². The second-order valence-corrected chi connectivity index (χ2v) is 9.16. The van der Waals surface area contributed by atoms with E-state index in [-0.39, 0.29) is 5.75 Å². The Morgan fingerprint density at radius 3 is 2.18 bits per heavy atom. The summed E-state index contributed by atoms with van der Waals surface area (Å²) in [5.74, 6) is -2.67. The van der Waals surface area contributed by atoms with Crippen molar-refractivity contribution in [2.24, 2.45) is 0 Å². The molecule has 0 atom stereocenters. The SMILES string of the molecule is CCCCCCCCCCOc1ccc(C(=O)Oc2ccc(C3CC[CH]CC3)cc2)c(F)c1F. The van der Waals surface area contributed by atoms with E-state index in [1.54, 1.807) is 12.1 Å². The van der Waals surface area contributed by atoms with E-state index < -0.39 is 23.2 Å². The van der Waals surface area contributed by atoms with Gasteiger partial charge in [-0.05, 0) is 74.3 Å².